The van der Waals surface area contributed by atoms with E-state index in [9.17, 15) is 9.59 Å². The highest BCUT2D eigenvalue weighted by atomic mass is 35.5. The Balaban J connectivity index is 1.38. The van der Waals surface area contributed by atoms with Gasteiger partial charge in [-0.3, -0.25) is 14.6 Å². The summed E-state index contributed by atoms with van der Waals surface area (Å²) in [7, 11) is 1.34. The van der Waals surface area contributed by atoms with Gasteiger partial charge in [0, 0.05) is 37.7 Å². The largest absolute Gasteiger partial charge is 0.465 e. The van der Waals surface area contributed by atoms with Crippen molar-refractivity contribution >= 4 is 29.7 Å². The molecule has 8 heteroatoms. The van der Waals surface area contributed by atoms with Crippen LogP contribution in [0.3, 0.4) is 0 Å². The van der Waals surface area contributed by atoms with Gasteiger partial charge in [0.1, 0.15) is 0 Å². The first-order valence-electron chi connectivity index (χ1n) is 9.73. The quantitative estimate of drug-likeness (QED) is 0.416. The number of hydrogen-bond donors (Lipinski definition) is 1. The van der Waals surface area contributed by atoms with Gasteiger partial charge in [0.15, 0.2) is 0 Å². The summed E-state index contributed by atoms with van der Waals surface area (Å²) in [5, 5.41) is 4.74. The average Bonchev–Trinajstić information content (AvgIpc) is 2.76. The number of ether oxygens (including phenoxy) is 1. The summed E-state index contributed by atoms with van der Waals surface area (Å²) < 4.78 is 4.66. The zero-order valence-corrected chi connectivity index (χ0v) is 17.6. The molecule has 0 radical (unpaired) electrons. The Morgan fingerprint density at radius 3 is 2.30 bits per heavy atom. The normalized spacial score (nSPS) is 15.3. The van der Waals surface area contributed by atoms with Crippen LogP contribution in [0.25, 0.3) is 0 Å². The van der Waals surface area contributed by atoms with E-state index in [1.54, 1.807) is 30.5 Å². The first-order chi connectivity index (χ1) is 14.5. The van der Waals surface area contributed by atoms with Crippen LogP contribution in [0.4, 0.5) is 0 Å². The van der Waals surface area contributed by atoms with Crippen LogP contribution < -0.4 is 5.43 Å². The Labute approximate surface area is 181 Å². The number of hydrazone groups is 1. The number of amides is 1. The van der Waals surface area contributed by atoms with Crippen molar-refractivity contribution in [1.29, 1.82) is 0 Å². The van der Waals surface area contributed by atoms with Crippen molar-refractivity contribution in [3.63, 3.8) is 0 Å². The van der Waals surface area contributed by atoms with E-state index in [0.29, 0.717) is 12.1 Å². The van der Waals surface area contributed by atoms with E-state index in [4.69, 9.17) is 11.6 Å². The Morgan fingerprint density at radius 1 is 1.03 bits per heavy atom. The molecule has 0 spiro atoms. The maximum absolute atomic E-state index is 12.1. The molecular formula is C22H25ClN4O3. The third-order valence-corrected chi connectivity index (χ3v) is 5.14. The highest BCUT2D eigenvalue weighted by molar-refractivity contribution is 6.30. The minimum atomic E-state index is -0.389. The van der Waals surface area contributed by atoms with Crippen molar-refractivity contribution in [2.24, 2.45) is 5.10 Å². The zero-order chi connectivity index (χ0) is 21.3. The number of carbonyl (C=O) groups excluding carboxylic acids is 2. The average molecular weight is 429 g/mol. The van der Waals surface area contributed by atoms with Gasteiger partial charge in [0.2, 0.25) is 0 Å². The van der Waals surface area contributed by atoms with Gasteiger partial charge < -0.3 is 4.74 Å². The molecule has 1 N–H and O–H groups in total. The van der Waals surface area contributed by atoms with E-state index in [-0.39, 0.29) is 11.9 Å². The van der Waals surface area contributed by atoms with Gasteiger partial charge in [-0.1, -0.05) is 35.9 Å². The molecule has 0 aliphatic carbocycles. The van der Waals surface area contributed by atoms with Crippen LogP contribution in [0.1, 0.15) is 21.5 Å². The number of rotatable bonds is 7. The van der Waals surface area contributed by atoms with Crippen LogP contribution in [0, 0.1) is 0 Å². The summed E-state index contributed by atoms with van der Waals surface area (Å²) in [5.41, 5.74) is 5.03. The molecule has 1 fully saturated rings. The lowest BCUT2D eigenvalue weighted by Crippen LogP contribution is -2.48. The minimum Gasteiger partial charge on any atom is -0.465 e. The molecule has 30 heavy (non-hydrogen) atoms. The first kappa shape index (κ1) is 22.0. The number of nitrogens with one attached hydrogen (secondary N) is 1. The fourth-order valence-corrected chi connectivity index (χ4v) is 3.32. The summed E-state index contributed by atoms with van der Waals surface area (Å²) in [6, 6.07) is 14.7. The number of nitrogens with zero attached hydrogens (tertiary/aromatic N) is 3. The third kappa shape index (κ3) is 6.66. The molecule has 0 saturated carbocycles. The van der Waals surface area contributed by atoms with Gasteiger partial charge >= 0.3 is 5.97 Å². The lowest BCUT2D eigenvalue weighted by molar-refractivity contribution is -0.122. The second-order valence-electron chi connectivity index (χ2n) is 7.09. The minimum absolute atomic E-state index is 0.149. The number of benzene rings is 2. The molecule has 1 aliphatic rings. The molecule has 0 aromatic heterocycles. The highest BCUT2D eigenvalue weighted by Gasteiger charge is 2.18. The zero-order valence-electron chi connectivity index (χ0n) is 16.9. The Kier molecular flexibility index (Phi) is 7.96. The van der Waals surface area contributed by atoms with Crippen molar-refractivity contribution in [1.82, 2.24) is 15.2 Å². The standard InChI is InChI=1S/C22H25ClN4O3/c1-30-22(29)19-6-2-17(3-7-19)14-24-25-21(28)16-27-12-10-26(11-13-27)15-18-4-8-20(23)9-5-18/h2-9,14H,10-13,15-16H2,1H3,(H,25,28). The van der Waals surface area contributed by atoms with Gasteiger partial charge in [-0.05, 0) is 35.4 Å². The predicted octanol–water partition coefficient (Wildman–Crippen LogP) is 2.39. The van der Waals surface area contributed by atoms with E-state index in [2.05, 4.69) is 25.1 Å². The van der Waals surface area contributed by atoms with Crippen molar-refractivity contribution in [3.05, 3.63) is 70.2 Å². The smallest absolute Gasteiger partial charge is 0.337 e. The molecule has 1 saturated heterocycles. The lowest BCUT2D eigenvalue weighted by Gasteiger charge is -2.34. The topological polar surface area (TPSA) is 74.2 Å². The van der Waals surface area contributed by atoms with E-state index in [0.717, 1.165) is 43.3 Å². The van der Waals surface area contributed by atoms with Crippen LogP contribution in [0.2, 0.25) is 5.02 Å². The Bertz CT molecular complexity index is 876. The summed E-state index contributed by atoms with van der Waals surface area (Å²) >= 11 is 5.93. The maximum atomic E-state index is 12.1. The van der Waals surface area contributed by atoms with Gasteiger partial charge in [0.25, 0.3) is 5.91 Å². The van der Waals surface area contributed by atoms with Crippen molar-refractivity contribution in [3.8, 4) is 0 Å². The van der Waals surface area contributed by atoms with Crippen molar-refractivity contribution in [2.75, 3.05) is 39.8 Å². The van der Waals surface area contributed by atoms with Crippen molar-refractivity contribution in [2.45, 2.75) is 6.54 Å². The van der Waals surface area contributed by atoms with E-state index < -0.39 is 0 Å². The molecule has 3 rings (SSSR count). The van der Waals surface area contributed by atoms with Gasteiger partial charge in [-0.25, -0.2) is 10.2 Å². The molecule has 0 bridgehead atoms. The number of esters is 1. The van der Waals surface area contributed by atoms with Gasteiger partial charge in [-0.15, -0.1) is 0 Å². The second kappa shape index (κ2) is 10.9. The van der Waals surface area contributed by atoms with E-state index in [1.165, 1.54) is 12.7 Å². The van der Waals surface area contributed by atoms with Crippen molar-refractivity contribution < 1.29 is 14.3 Å². The summed E-state index contributed by atoms with van der Waals surface area (Å²) in [6.45, 7) is 4.68. The summed E-state index contributed by atoms with van der Waals surface area (Å²) in [4.78, 5) is 28.0. The summed E-state index contributed by atoms with van der Waals surface area (Å²) in [5.74, 6) is -0.538. The molecule has 2 aromatic rings. The number of methoxy groups -OCH3 is 1. The molecule has 1 heterocycles. The molecule has 7 nitrogen and oxygen atoms in total. The van der Waals surface area contributed by atoms with Gasteiger partial charge in [-0.2, -0.15) is 5.10 Å². The van der Waals surface area contributed by atoms with E-state index >= 15 is 0 Å². The predicted molar refractivity (Wildman–Crippen MR) is 117 cm³/mol. The molecule has 1 amide bonds. The van der Waals surface area contributed by atoms with Crippen LogP contribution in [0.15, 0.2) is 53.6 Å². The van der Waals surface area contributed by atoms with Crippen LogP contribution >= 0.6 is 11.6 Å². The first-order valence-corrected chi connectivity index (χ1v) is 10.1. The van der Waals surface area contributed by atoms with E-state index in [1.807, 2.05) is 24.3 Å². The number of halogens is 1. The molecule has 0 unspecified atom stereocenters. The maximum Gasteiger partial charge on any atom is 0.337 e. The molecule has 1 aliphatic heterocycles. The molecule has 2 aromatic carbocycles. The van der Waals surface area contributed by atoms with Crippen LogP contribution in [-0.2, 0) is 16.1 Å². The number of piperazine rings is 1. The van der Waals surface area contributed by atoms with Crippen LogP contribution in [-0.4, -0.2) is 67.7 Å². The third-order valence-electron chi connectivity index (χ3n) is 4.89. The monoisotopic (exact) mass is 428 g/mol. The second-order valence-corrected chi connectivity index (χ2v) is 7.52. The fourth-order valence-electron chi connectivity index (χ4n) is 3.19. The number of hydrogen-bond acceptors (Lipinski definition) is 6. The van der Waals surface area contributed by atoms with Gasteiger partial charge in [0.05, 0.1) is 25.4 Å². The SMILES string of the molecule is COC(=O)c1ccc(C=NNC(=O)CN2CCN(Cc3ccc(Cl)cc3)CC2)cc1. The lowest BCUT2D eigenvalue weighted by atomic mass is 10.1. The number of carbonyl (C=O) groups is 2. The summed E-state index contributed by atoms with van der Waals surface area (Å²) in [6.07, 6.45) is 1.54. The highest BCUT2D eigenvalue weighted by Crippen LogP contribution is 2.13. The molecule has 0 atom stereocenters. The Hall–Kier alpha value is -2.74. The molecular weight excluding hydrogens is 404 g/mol. The molecule has 158 valence electrons. The van der Waals surface area contributed by atoms with Crippen LogP contribution in [0.5, 0.6) is 0 Å². The fraction of sp³-hybridized carbons (Fsp3) is 0.318. The Morgan fingerprint density at radius 2 is 1.67 bits per heavy atom.